The molecule has 0 aliphatic rings. The van der Waals surface area contributed by atoms with Crippen LogP contribution in [0, 0.1) is 6.42 Å². The molecule has 0 aliphatic carbocycles. The number of hydrogen-bond donors (Lipinski definition) is 1. The van der Waals surface area contributed by atoms with E-state index in [9.17, 15) is 4.79 Å². The van der Waals surface area contributed by atoms with Gasteiger partial charge in [-0.05, 0) is 17.7 Å². The molecule has 75 valence electrons. The lowest BCUT2D eigenvalue weighted by atomic mass is 10.1. The van der Waals surface area contributed by atoms with Gasteiger partial charge in [0, 0.05) is 0 Å². The molecule has 4 nitrogen and oxygen atoms in total. The Kier molecular flexibility index (Phi) is 3.34. The molecule has 1 aromatic carbocycles. The highest BCUT2D eigenvalue weighted by molar-refractivity contribution is 5.87. The molecule has 0 aliphatic heterocycles. The van der Waals surface area contributed by atoms with Crippen molar-refractivity contribution in [3.8, 4) is 11.5 Å². The van der Waals surface area contributed by atoms with Gasteiger partial charge in [-0.1, -0.05) is 6.07 Å². The first-order valence-corrected chi connectivity index (χ1v) is 4.03. The Balaban J connectivity index is 2.95. The Morgan fingerprint density at radius 2 is 1.93 bits per heavy atom. The van der Waals surface area contributed by atoms with Gasteiger partial charge >= 0.3 is 0 Å². The minimum absolute atomic E-state index is 0.489. The van der Waals surface area contributed by atoms with E-state index in [-0.39, 0.29) is 0 Å². The minimum Gasteiger partial charge on any atom is -0.493 e. The first-order valence-electron chi connectivity index (χ1n) is 4.03. The fourth-order valence-electron chi connectivity index (χ4n) is 1.11. The predicted molar refractivity (Wildman–Crippen MR) is 52.1 cm³/mol. The van der Waals surface area contributed by atoms with Crippen LogP contribution in [0.15, 0.2) is 18.2 Å². The summed E-state index contributed by atoms with van der Waals surface area (Å²) >= 11 is 0. The molecule has 0 saturated carbocycles. The van der Waals surface area contributed by atoms with Crippen molar-refractivity contribution in [2.75, 3.05) is 14.2 Å². The number of benzene rings is 1. The Hall–Kier alpha value is -1.71. The lowest BCUT2D eigenvalue weighted by molar-refractivity contribution is -0.114. The van der Waals surface area contributed by atoms with Crippen molar-refractivity contribution in [1.29, 1.82) is 0 Å². The molecule has 0 aromatic heterocycles. The molecule has 1 amide bonds. The fourth-order valence-corrected chi connectivity index (χ4v) is 1.11. The number of methoxy groups -OCH3 is 2. The highest BCUT2D eigenvalue weighted by Gasteiger charge is 2.06. The van der Waals surface area contributed by atoms with Gasteiger partial charge in [-0.15, -0.1) is 0 Å². The van der Waals surface area contributed by atoms with Gasteiger partial charge < -0.3 is 15.2 Å². The number of carbonyl (C=O) groups excluding carboxylic acids is 1. The van der Waals surface area contributed by atoms with E-state index in [4.69, 9.17) is 15.2 Å². The molecule has 0 heterocycles. The van der Waals surface area contributed by atoms with Crippen LogP contribution in [0.5, 0.6) is 11.5 Å². The number of primary amides is 1. The highest BCUT2D eigenvalue weighted by Crippen LogP contribution is 2.27. The maximum atomic E-state index is 10.6. The maximum Gasteiger partial charge on any atom is 0.226 e. The largest absolute Gasteiger partial charge is 0.493 e. The molecule has 2 N–H and O–H groups in total. The summed E-state index contributed by atoms with van der Waals surface area (Å²) < 4.78 is 10.1. The number of carbonyl (C=O) groups is 1. The molecular formula is C10H12NO3. The Morgan fingerprint density at radius 3 is 2.43 bits per heavy atom. The molecule has 0 spiro atoms. The van der Waals surface area contributed by atoms with Crippen molar-refractivity contribution in [2.24, 2.45) is 5.73 Å². The molecule has 14 heavy (non-hydrogen) atoms. The van der Waals surface area contributed by atoms with E-state index in [1.54, 1.807) is 25.3 Å². The molecule has 1 aromatic rings. The number of nitrogens with two attached hydrogens (primary N) is 1. The van der Waals surface area contributed by atoms with Crippen molar-refractivity contribution >= 4 is 5.91 Å². The van der Waals surface area contributed by atoms with Gasteiger partial charge in [0.2, 0.25) is 5.91 Å². The van der Waals surface area contributed by atoms with Crippen LogP contribution in [0.25, 0.3) is 0 Å². The van der Waals surface area contributed by atoms with Crippen LogP contribution in [-0.4, -0.2) is 20.1 Å². The molecule has 0 fully saturated rings. The molecule has 0 unspecified atom stereocenters. The monoisotopic (exact) mass is 194 g/mol. The van der Waals surface area contributed by atoms with Crippen LogP contribution < -0.4 is 15.2 Å². The molecular weight excluding hydrogens is 182 g/mol. The van der Waals surface area contributed by atoms with Crippen LogP contribution in [-0.2, 0) is 4.79 Å². The SMILES string of the molecule is COc1ccc([CH]C(N)=O)cc1OC. The van der Waals surface area contributed by atoms with E-state index in [1.165, 1.54) is 13.5 Å². The summed E-state index contributed by atoms with van der Waals surface area (Å²) in [6.45, 7) is 0. The molecule has 1 rings (SSSR count). The van der Waals surface area contributed by atoms with Crippen molar-refractivity contribution in [2.45, 2.75) is 0 Å². The third-order valence-electron chi connectivity index (χ3n) is 1.72. The van der Waals surface area contributed by atoms with Gasteiger partial charge in [-0.3, -0.25) is 4.79 Å². The van der Waals surface area contributed by atoms with E-state index in [0.29, 0.717) is 17.1 Å². The second-order valence-electron chi connectivity index (χ2n) is 2.66. The third kappa shape index (κ3) is 2.39. The average Bonchev–Trinajstić information content (AvgIpc) is 2.16. The summed E-state index contributed by atoms with van der Waals surface area (Å²) in [6, 6.07) is 5.13. The van der Waals surface area contributed by atoms with Gasteiger partial charge in [0.25, 0.3) is 0 Å². The Bertz CT molecular complexity index is 336. The second-order valence-corrected chi connectivity index (χ2v) is 2.66. The maximum absolute atomic E-state index is 10.6. The number of amides is 1. The summed E-state index contributed by atoms with van der Waals surface area (Å²) in [5, 5.41) is 0. The molecule has 0 bridgehead atoms. The smallest absolute Gasteiger partial charge is 0.226 e. The molecule has 0 saturated heterocycles. The molecule has 0 atom stereocenters. The third-order valence-corrected chi connectivity index (χ3v) is 1.72. The number of hydrogen-bond acceptors (Lipinski definition) is 3. The normalized spacial score (nSPS) is 9.57. The summed E-state index contributed by atoms with van der Waals surface area (Å²) in [5.74, 6) is 0.703. The highest BCUT2D eigenvalue weighted by atomic mass is 16.5. The van der Waals surface area contributed by atoms with E-state index in [0.717, 1.165) is 0 Å². The van der Waals surface area contributed by atoms with Gasteiger partial charge in [0.15, 0.2) is 11.5 Å². The van der Waals surface area contributed by atoms with E-state index in [1.807, 2.05) is 0 Å². The zero-order chi connectivity index (χ0) is 10.6. The van der Waals surface area contributed by atoms with Crippen LogP contribution in [0.4, 0.5) is 0 Å². The summed E-state index contributed by atoms with van der Waals surface area (Å²) in [5.41, 5.74) is 5.71. The van der Waals surface area contributed by atoms with Crippen molar-refractivity contribution in [3.05, 3.63) is 30.2 Å². The topological polar surface area (TPSA) is 61.5 Å². The van der Waals surface area contributed by atoms with Crippen molar-refractivity contribution < 1.29 is 14.3 Å². The van der Waals surface area contributed by atoms with Gasteiger partial charge in [0.1, 0.15) is 0 Å². The fraction of sp³-hybridized carbons (Fsp3) is 0.200. The first-order chi connectivity index (χ1) is 6.67. The van der Waals surface area contributed by atoms with Crippen LogP contribution in [0.2, 0.25) is 0 Å². The van der Waals surface area contributed by atoms with Crippen LogP contribution in [0.1, 0.15) is 5.56 Å². The molecule has 4 heteroatoms. The lowest BCUT2D eigenvalue weighted by Gasteiger charge is -2.08. The minimum atomic E-state index is -0.489. The van der Waals surface area contributed by atoms with Gasteiger partial charge in [-0.2, -0.15) is 0 Å². The molecule has 1 radical (unpaired) electrons. The quantitative estimate of drug-likeness (QED) is 0.769. The van der Waals surface area contributed by atoms with E-state index < -0.39 is 5.91 Å². The standard InChI is InChI=1S/C10H12NO3/c1-13-8-4-3-7(6-10(11)12)5-9(8)14-2/h3-6H,1-2H3,(H2,11,12). The van der Waals surface area contributed by atoms with E-state index >= 15 is 0 Å². The van der Waals surface area contributed by atoms with Gasteiger partial charge in [0.05, 0.1) is 20.6 Å². The summed E-state index contributed by atoms with van der Waals surface area (Å²) in [4.78, 5) is 10.6. The predicted octanol–water partition coefficient (Wildman–Crippen LogP) is 0.741. The number of rotatable bonds is 4. The van der Waals surface area contributed by atoms with Crippen LogP contribution in [0.3, 0.4) is 0 Å². The van der Waals surface area contributed by atoms with Gasteiger partial charge in [-0.25, -0.2) is 0 Å². The zero-order valence-electron chi connectivity index (χ0n) is 8.11. The second kappa shape index (κ2) is 4.50. The zero-order valence-corrected chi connectivity index (χ0v) is 8.11. The summed E-state index contributed by atoms with van der Waals surface area (Å²) in [6.07, 6.45) is 1.32. The van der Waals surface area contributed by atoms with Crippen molar-refractivity contribution in [3.63, 3.8) is 0 Å². The first kappa shape index (κ1) is 10.4. The van der Waals surface area contributed by atoms with Crippen LogP contribution >= 0.6 is 0 Å². The Labute approximate surface area is 82.6 Å². The summed E-state index contributed by atoms with van der Waals surface area (Å²) in [7, 11) is 3.08. The van der Waals surface area contributed by atoms with Crippen molar-refractivity contribution in [1.82, 2.24) is 0 Å². The lowest BCUT2D eigenvalue weighted by Crippen LogP contribution is -2.11. The Morgan fingerprint density at radius 1 is 1.29 bits per heavy atom. The average molecular weight is 194 g/mol. The number of ether oxygens (including phenoxy) is 2. The van der Waals surface area contributed by atoms with E-state index in [2.05, 4.69) is 0 Å².